The number of aliphatic hydroxyl groups excluding tert-OH is 1. The van der Waals surface area contributed by atoms with E-state index in [2.05, 4.69) is 15.4 Å². The van der Waals surface area contributed by atoms with Gasteiger partial charge in [0.2, 0.25) is 0 Å². The molecule has 6 heteroatoms. The van der Waals surface area contributed by atoms with Gasteiger partial charge < -0.3 is 10.4 Å². The molecule has 0 spiro atoms. The van der Waals surface area contributed by atoms with Crippen LogP contribution >= 0.6 is 11.6 Å². The molecule has 24 heavy (non-hydrogen) atoms. The van der Waals surface area contributed by atoms with Crippen molar-refractivity contribution in [2.75, 3.05) is 6.54 Å². The maximum atomic E-state index is 10.2. The molecule has 3 rings (SSSR count). The summed E-state index contributed by atoms with van der Waals surface area (Å²) in [7, 11) is 1.89. The molecule has 0 saturated heterocycles. The first kappa shape index (κ1) is 16.6. The quantitative estimate of drug-likeness (QED) is 0.723. The van der Waals surface area contributed by atoms with E-state index >= 15 is 0 Å². The van der Waals surface area contributed by atoms with Crippen LogP contribution in [0.1, 0.15) is 17.2 Å². The second-order valence-electron chi connectivity index (χ2n) is 5.62. The topological polar surface area (TPSA) is 63.0 Å². The number of hydrogen-bond acceptors (Lipinski definition) is 4. The first-order chi connectivity index (χ1) is 11.6. The van der Waals surface area contributed by atoms with Gasteiger partial charge >= 0.3 is 0 Å². The number of nitrogens with one attached hydrogen (secondary N) is 1. The predicted molar refractivity (Wildman–Crippen MR) is 94.6 cm³/mol. The SMILES string of the molecule is Cn1cc(CNCC(O)c2ccc(Cl)cc2)c(-c2cccnc2)n1. The summed E-state index contributed by atoms with van der Waals surface area (Å²) >= 11 is 5.87. The monoisotopic (exact) mass is 342 g/mol. The molecule has 5 nitrogen and oxygen atoms in total. The zero-order chi connectivity index (χ0) is 16.9. The third-order valence-corrected chi connectivity index (χ3v) is 4.00. The van der Waals surface area contributed by atoms with Crippen LogP contribution in [0.25, 0.3) is 11.3 Å². The fourth-order valence-corrected chi connectivity index (χ4v) is 2.69. The molecule has 2 aromatic heterocycles. The summed E-state index contributed by atoms with van der Waals surface area (Å²) < 4.78 is 1.79. The second kappa shape index (κ2) is 7.57. The lowest BCUT2D eigenvalue weighted by Gasteiger charge is -2.12. The Morgan fingerprint density at radius 1 is 1.25 bits per heavy atom. The van der Waals surface area contributed by atoms with Crippen molar-refractivity contribution in [3.8, 4) is 11.3 Å². The number of pyridine rings is 1. The molecule has 0 aliphatic carbocycles. The van der Waals surface area contributed by atoms with Gasteiger partial charge in [-0.1, -0.05) is 23.7 Å². The minimum atomic E-state index is -0.583. The van der Waals surface area contributed by atoms with Gasteiger partial charge in [0.15, 0.2) is 0 Å². The van der Waals surface area contributed by atoms with Gasteiger partial charge in [0.05, 0.1) is 11.8 Å². The van der Waals surface area contributed by atoms with Crippen LogP contribution in [0.2, 0.25) is 5.02 Å². The molecule has 2 heterocycles. The molecular weight excluding hydrogens is 324 g/mol. The Hall–Kier alpha value is -2.21. The van der Waals surface area contributed by atoms with Crippen LogP contribution in [0.4, 0.5) is 0 Å². The molecule has 0 aliphatic rings. The summed E-state index contributed by atoms with van der Waals surface area (Å²) in [5.74, 6) is 0. The van der Waals surface area contributed by atoms with Gasteiger partial charge in [-0.15, -0.1) is 0 Å². The third-order valence-electron chi connectivity index (χ3n) is 3.75. The third kappa shape index (κ3) is 4.00. The van der Waals surface area contributed by atoms with Crippen LogP contribution in [0.3, 0.4) is 0 Å². The lowest BCUT2D eigenvalue weighted by Crippen LogP contribution is -2.21. The van der Waals surface area contributed by atoms with Crippen molar-refractivity contribution in [3.63, 3.8) is 0 Å². The van der Waals surface area contributed by atoms with Crippen LogP contribution in [0, 0.1) is 0 Å². The number of benzene rings is 1. The lowest BCUT2D eigenvalue weighted by molar-refractivity contribution is 0.174. The Labute approximate surface area is 145 Å². The molecule has 1 unspecified atom stereocenters. The largest absolute Gasteiger partial charge is 0.387 e. The van der Waals surface area contributed by atoms with E-state index in [0.717, 1.165) is 22.4 Å². The van der Waals surface area contributed by atoms with Gasteiger partial charge in [-0.25, -0.2) is 0 Å². The van der Waals surface area contributed by atoms with Crippen LogP contribution in [-0.2, 0) is 13.6 Å². The van der Waals surface area contributed by atoms with E-state index in [9.17, 15) is 5.11 Å². The molecule has 1 aromatic carbocycles. The average molecular weight is 343 g/mol. The lowest BCUT2D eigenvalue weighted by atomic mass is 10.1. The highest BCUT2D eigenvalue weighted by Crippen LogP contribution is 2.21. The Kier molecular flexibility index (Phi) is 5.25. The van der Waals surface area contributed by atoms with Crippen molar-refractivity contribution in [3.05, 3.63) is 71.1 Å². The van der Waals surface area contributed by atoms with Crippen molar-refractivity contribution in [2.45, 2.75) is 12.6 Å². The predicted octanol–water partition coefficient (Wildman–Crippen LogP) is 2.96. The summed E-state index contributed by atoms with van der Waals surface area (Å²) in [5, 5.41) is 18.7. The molecule has 0 radical (unpaired) electrons. The van der Waals surface area contributed by atoms with Gasteiger partial charge in [-0.3, -0.25) is 9.67 Å². The average Bonchev–Trinajstić information content (AvgIpc) is 2.97. The number of halogens is 1. The van der Waals surface area contributed by atoms with Crippen LogP contribution in [-0.4, -0.2) is 26.4 Å². The fourth-order valence-electron chi connectivity index (χ4n) is 2.56. The van der Waals surface area contributed by atoms with E-state index in [1.165, 1.54) is 0 Å². The number of aromatic nitrogens is 3. The molecule has 0 saturated carbocycles. The maximum absolute atomic E-state index is 10.2. The summed E-state index contributed by atoms with van der Waals surface area (Å²) in [6.07, 6.45) is 4.94. The van der Waals surface area contributed by atoms with Crippen molar-refractivity contribution < 1.29 is 5.11 Å². The van der Waals surface area contributed by atoms with Crippen molar-refractivity contribution in [2.24, 2.45) is 7.05 Å². The Morgan fingerprint density at radius 3 is 2.75 bits per heavy atom. The summed E-state index contributed by atoms with van der Waals surface area (Å²) in [6, 6.07) is 11.1. The molecule has 0 aliphatic heterocycles. The number of aryl methyl sites for hydroxylation is 1. The fraction of sp³-hybridized carbons (Fsp3) is 0.222. The zero-order valence-electron chi connectivity index (χ0n) is 13.4. The summed E-state index contributed by atoms with van der Waals surface area (Å²) in [6.45, 7) is 1.06. The minimum Gasteiger partial charge on any atom is -0.387 e. The van der Waals surface area contributed by atoms with Gasteiger partial charge in [0.25, 0.3) is 0 Å². The van der Waals surface area contributed by atoms with E-state index in [1.807, 2.05) is 37.5 Å². The number of rotatable bonds is 6. The Bertz CT molecular complexity index is 787. The van der Waals surface area contributed by atoms with E-state index in [1.54, 1.807) is 29.2 Å². The van der Waals surface area contributed by atoms with E-state index in [-0.39, 0.29) is 0 Å². The molecule has 0 amide bonds. The second-order valence-corrected chi connectivity index (χ2v) is 6.05. The minimum absolute atomic E-state index is 0.447. The van der Waals surface area contributed by atoms with Crippen molar-refractivity contribution in [1.82, 2.24) is 20.1 Å². The van der Waals surface area contributed by atoms with Gasteiger partial charge in [-0.2, -0.15) is 5.10 Å². The van der Waals surface area contributed by atoms with Crippen molar-refractivity contribution in [1.29, 1.82) is 0 Å². The van der Waals surface area contributed by atoms with E-state index in [0.29, 0.717) is 18.1 Å². The van der Waals surface area contributed by atoms with Gasteiger partial charge in [-0.05, 0) is 29.8 Å². The zero-order valence-corrected chi connectivity index (χ0v) is 14.1. The Morgan fingerprint density at radius 2 is 2.04 bits per heavy atom. The summed E-state index contributed by atoms with van der Waals surface area (Å²) in [4.78, 5) is 4.15. The number of hydrogen-bond donors (Lipinski definition) is 2. The highest BCUT2D eigenvalue weighted by molar-refractivity contribution is 6.30. The van der Waals surface area contributed by atoms with Crippen LogP contribution in [0.15, 0.2) is 55.0 Å². The molecule has 124 valence electrons. The van der Waals surface area contributed by atoms with Crippen molar-refractivity contribution >= 4 is 11.6 Å². The highest BCUT2D eigenvalue weighted by Gasteiger charge is 2.12. The highest BCUT2D eigenvalue weighted by atomic mass is 35.5. The van der Waals surface area contributed by atoms with Crippen LogP contribution in [0.5, 0.6) is 0 Å². The van der Waals surface area contributed by atoms with E-state index < -0.39 is 6.10 Å². The standard InChI is InChI=1S/C18H19ClN4O/c1-23-12-15(18(22-23)14-3-2-8-20-9-14)10-21-11-17(24)13-4-6-16(19)7-5-13/h2-9,12,17,21,24H,10-11H2,1H3. The van der Waals surface area contributed by atoms with Gasteiger partial charge in [0, 0.05) is 54.9 Å². The van der Waals surface area contributed by atoms with E-state index in [4.69, 9.17) is 11.6 Å². The molecule has 0 bridgehead atoms. The molecular formula is C18H19ClN4O. The van der Waals surface area contributed by atoms with Crippen LogP contribution < -0.4 is 5.32 Å². The first-order valence-electron chi connectivity index (χ1n) is 7.70. The van der Waals surface area contributed by atoms with Gasteiger partial charge in [0.1, 0.15) is 0 Å². The molecule has 3 aromatic rings. The molecule has 0 fully saturated rings. The normalized spacial score (nSPS) is 12.3. The Balaban J connectivity index is 1.64. The molecule has 1 atom stereocenters. The number of aliphatic hydroxyl groups is 1. The first-order valence-corrected chi connectivity index (χ1v) is 8.08. The number of nitrogens with zero attached hydrogens (tertiary/aromatic N) is 3. The molecule has 2 N–H and O–H groups in total. The smallest absolute Gasteiger partial charge is 0.0983 e. The summed E-state index contributed by atoms with van der Waals surface area (Å²) in [5.41, 5.74) is 3.78. The maximum Gasteiger partial charge on any atom is 0.0983 e.